The van der Waals surface area contributed by atoms with E-state index in [4.69, 9.17) is 25.3 Å². The van der Waals surface area contributed by atoms with Crippen molar-refractivity contribution in [3.8, 4) is 22.8 Å². The second-order valence-electron chi connectivity index (χ2n) is 11.8. The fourth-order valence-electron chi connectivity index (χ4n) is 6.68. The Morgan fingerprint density at radius 2 is 0.706 bits per heavy atom. The second kappa shape index (κ2) is 14.3. The Kier molecular flexibility index (Phi) is 9.28. The summed E-state index contributed by atoms with van der Waals surface area (Å²) in [5, 5.41) is 24.6. The first-order valence-electron chi connectivity index (χ1n) is 16.1. The first-order chi connectivity index (χ1) is 24.5. The minimum absolute atomic E-state index is 0. The van der Waals surface area contributed by atoms with Crippen LogP contribution >= 0.6 is 0 Å². The van der Waals surface area contributed by atoms with Crippen LogP contribution in [0.25, 0.3) is 87.9 Å². The first kappa shape index (κ1) is 33.2. The quantitative estimate of drug-likeness (QED) is 0.0786. The predicted octanol–water partition coefficient (Wildman–Crippen LogP) is 10.8. The third kappa shape index (κ3) is 6.54. The zero-order chi connectivity index (χ0) is 34.0. The fourth-order valence-corrected chi connectivity index (χ4v) is 6.68. The summed E-state index contributed by atoms with van der Waals surface area (Å²) in [6.45, 7) is 0. The van der Waals surface area contributed by atoms with Crippen LogP contribution in [0.4, 0.5) is 0 Å². The molecule has 0 spiro atoms. The molecule has 2 N–H and O–H groups in total. The van der Waals surface area contributed by atoms with Crippen molar-refractivity contribution in [1.29, 1.82) is 0 Å². The molecule has 8 aromatic carbocycles. The average molecular weight is 759 g/mol. The summed E-state index contributed by atoms with van der Waals surface area (Å²) < 4.78 is 0. The van der Waals surface area contributed by atoms with Crippen molar-refractivity contribution in [2.75, 3.05) is 0 Å². The van der Waals surface area contributed by atoms with Gasteiger partial charge < -0.3 is 25.3 Å². The molecule has 0 aliphatic carbocycles. The number of nitrogens with one attached hydrogen (secondary N) is 2. The molecule has 0 amide bonds. The van der Waals surface area contributed by atoms with Crippen molar-refractivity contribution in [3.05, 3.63) is 173 Å². The number of rotatable bonds is 2. The Morgan fingerprint density at radius 3 is 1.02 bits per heavy atom. The molecule has 250 valence electrons. The van der Waals surface area contributed by atoms with E-state index in [0.717, 1.165) is 33.7 Å². The second-order valence-corrected chi connectivity index (χ2v) is 11.8. The number of hydrogen-bond acceptors (Lipinski definition) is 5. The molecule has 0 fully saturated rings. The molecule has 0 aliphatic rings. The van der Waals surface area contributed by atoms with E-state index < -0.39 is 5.09 Å². The van der Waals surface area contributed by atoms with Crippen molar-refractivity contribution in [2.45, 2.75) is 0 Å². The maximum Gasteiger partial charge on any atom is 1.00 e. The average Bonchev–Trinajstić information content (AvgIpc) is 3.77. The monoisotopic (exact) mass is 757 g/mol. The standard InChI is InChI=1S/2C21H14N2.Ag.NO3/c2*1-3-9-16-14(7-1)13-15-8-2-4-10-17(15)20(16)21-22-18-11-5-6-12-19(18)23-21;;2-1(3)4/h2*1-13H,(H,22,23);;/q;;+1;-1. The van der Waals surface area contributed by atoms with E-state index >= 15 is 0 Å². The minimum atomic E-state index is -1.75. The Bertz CT molecular complexity index is 2480. The third-order valence-electron chi connectivity index (χ3n) is 8.79. The van der Waals surface area contributed by atoms with E-state index in [0.29, 0.717) is 0 Å². The van der Waals surface area contributed by atoms with Crippen molar-refractivity contribution < 1.29 is 27.5 Å². The first-order valence-corrected chi connectivity index (χ1v) is 16.1. The van der Waals surface area contributed by atoms with Crippen molar-refractivity contribution >= 4 is 65.2 Å². The number of H-pyrrole nitrogens is 2. The zero-order valence-corrected chi connectivity index (χ0v) is 28.4. The Morgan fingerprint density at radius 1 is 0.431 bits per heavy atom. The molecule has 0 aliphatic heterocycles. The topological polar surface area (TPSA) is 124 Å². The van der Waals surface area contributed by atoms with Crippen molar-refractivity contribution in [2.24, 2.45) is 0 Å². The summed E-state index contributed by atoms with van der Waals surface area (Å²) >= 11 is 0. The molecule has 2 aromatic heterocycles. The van der Waals surface area contributed by atoms with E-state index in [2.05, 4.69) is 131 Å². The van der Waals surface area contributed by atoms with E-state index in [-0.39, 0.29) is 22.4 Å². The van der Waals surface area contributed by atoms with E-state index in [1.54, 1.807) is 0 Å². The molecule has 2 heterocycles. The van der Waals surface area contributed by atoms with Gasteiger partial charge in [-0.15, -0.1) is 0 Å². The summed E-state index contributed by atoms with van der Waals surface area (Å²) in [7, 11) is 0. The minimum Gasteiger partial charge on any atom is -0.356 e. The third-order valence-corrected chi connectivity index (χ3v) is 8.79. The number of para-hydroxylation sites is 4. The SMILES string of the molecule is O=[N+]([O-])[O-].[Ag+].c1ccc2c(-c3nc4ccccc4[nH]3)c3ccccc3cc2c1.c1ccc2c(-c3nc4ccccc4[nH]3)c3ccccc3cc2c1. The van der Waals surface area contributed by atoms with Gasteiger partial charge in [0.25, 0.3) is 0 Å². The predicted molar refractivity (Wildman–Crippen MR) is 203 cm³/mol. The van der Waals surface area contributed by atoms with Crippen molar-refractivity contribution in [3.63, 3.8) is 0 Å². The molecular weight excluding hydrogens is 730 g/mol. The van der Waals surface area contributed by atoms with Crippen LogP contribution in [0.2, 0.25) is 0 Å². The van der Waals surface area contributed by atoms with Gasteiger partial charge in [0, 0.05) is 11.1 Å². The van der Waals surface area contributed by atoms with Gasteiger partial charge in [0.2, 0.25) is 0 Å². The van der Waals surface area contributed by atoms with Gasteiger partial charge in [-0.2, -0.15) is 0 Å². The van der Waals surface area contributed by atoms with Crippen LogP contribution in [0.3, 0.4) is 0 Å². The summed E-state index contributed by atoms with van der Waals surface area (Å²) in [6, 6.07) is 54.8. The molecule has 0 saturated heterocycles. The van der Waals surface area contributed by atoms with E-state index in [1.165, 1.54) is 54.2 Å². The van der Waals surface area contributed by atoms with Gasteiger partial charge in [-0.3, -0.25) is 0 Å². The molecule has 51 heavy (non-hydrogen) atoms. The molecule has 0 unspecified atom stereocenters. The van der Waals surface area contributed by atoms with Crippen LogP contribution in [0.1, 0.15) is 0 Å². The normalized spacial score (nSPS) is 10.8. The largest absolute Gasteiger partial charge is 1.00 e. The maximum atomic E-state index is 8.25. The van der Waals surface area contributed by atoms with E-state index in [9.17, 15) is 0 Å². The van der Waals surface area contributed by atoms with Crippen LogP contribution in [0, 0.1) is 15.3 Å². The smallest absolute Gasteiger partial charge is 0.356 e. The summed E-state index contributed by atoms with van der Waals surface area (Å²) in [5.41, 5.74) is 6.49. The van der Waals surface area contributed by atoms with Gasteiger partial charge in [0.05, 0.1) is 27.2 Å². The van der Waals surface area contributed by atoms with Crippen LogP contribution in [0.15, 0.2) is 158 Å². The molecule has 10 aromatic rings. The number of fused-ring (bicyclic) bond motifs is 6. The number of aromatic amines is 2. The van der Waals surface area contributed by atoms with Crippen LogP contribution < -0.4 is 0 Å². The van der Waals surface area contributed by atoms with Crippen LogP contribution in [-0.4, -0.2) is 25.0 Å². The van der Waals surface area contributed by atoms with Crippen molar-refractivity contribution in [1.82, 2.24) is 19.9 Å². The van der Waals surface area contributed by atoms with Gasteiger partial charge in [-0.25, -0.2) is 9.97 Å². The Hall–Kier alpha value is -6.32. The molecule has 9 heteroatoms. The summed E-state index contributed by atoms with van der Waals surface area (Å²) in [6.07, 6.45) is 0. The summed E-state index contributed by atoms with van der Waals surface area (Å²) in [5.74, 6) is 1.86. The summed E-state index contributed by atoms with van der Waals surface area (Å²) in [4.78, 5) is 24.9. The number of imidazole rings is 2. The number of aromatic nitrogens is 4. The van der Waals surface area contributed by atoms with E-state index in [1.807, 2.05) is 36.4 Å². The fraction of sp³-hybridized carbons (Fsp3) is 0. The molecule has 0 radical (unpaired) electrons. The van der Waals surface area contributed by atoms with Gasteiger partial charge in [-0.05, 0) is 79.5 Å². The molecule has 8 nitrogen and oxygen atoms in total. The molecule has 0 bridgehead atoms. The molecular formula is C42H28AgN5O3. The van der Waals surface area contributed by atoms with Gasteiger partial charge in [-0.1, -0.05) is 121 Å². The van der Waals surface area contributed by atoms with Gasteiger partial charge in [0.1, 0.15) is 11.6 Å². The number of hydrogen-bond donors (Lipinski definition) is 2. The number of benzene rings is 8. The van der Waals surface area contributed by atoms with Crippen LogP contribution in [0.5, 0.6) is 0 Å². The molecule has 0 atom stereocenters. The number of nitrogens with zero attached hydrogens (tertiary/aromatic N) is 3. The van der Waals surface area contributed by atoms with Gasteiger partial charge >= 0.3 is 22.4 Å². The van der Waals surface area contributed by atoms with Gasteiger partial charge in [0.15, 0.2) is 0 Å². The molecule has 0 saturated carbocycles. The zero-order valence-electron chi connectivity index (χ0n) is 26.9. The Labute approximate surface area is 307 Å². The Balaban J connectivity index is 0.000000142. The maximum absolute atomic E-state index is 8.25. The molecule has 10 rings (SSSR count). The van der Waals surface area contributed by atoms with Crippen LogP contribution in [-0.2, 0) is 22.4 Å².